The highest BCUT2D eigenvalue weighted by Gasteiger charge is 2.03. The average Bonchev–Trinajstić information content (AvgIpc) is 2.43. The summed E-state index contributed by atoms with van der Waals surface area (Å²) in [6.07, 6.45) is 3.52. The van der Waals surface area contributed by atoms with Crippen molar-refractivity contribution in [3.63, 3.8) is 0 Å². The van der Waals surface area contributed by atoms with Gasteiger partial charge in [-0.05, 0) is 31.9 Å². The molecule has 0 aliphatic rings. The molecular formula is C16H26N2O2. The van der Waals surface area contributed by atoms with Gasteiger partial charge in [0.05, 0.1) is 18.0 Å². The lowest BCUT2D eigenvalue weighted by Crippen LogP contribution is -2.12. The second-order valence-electron chi connectivity index (χ2n) is 4.95. The lowest BCUT2D eigenvalue weighted by Gasteiger charge is -2.18. The van der Waals surface area contributed by atoms with Crippen molar-refractivity contribution in [3.8, 4) is 0 Å². The minimum Gasteiger partial charge on any atom is -0.466 e. The fourth-order valence-electron chi connectivity index (χ4n) is 2.04. The van der Waals surface area contributed by atoms with E-state index in [-0.39, 0.29) is 5.97 Å². The van der Waals surface area contributed by atoms with Crippen LogP contribution in [0.15, 0.2) is 24.3 Å². The van der Waals surface area contributed by atoms with Gasteiger partial charge >= 0.3 is 5.97 Å². The van der Waals surface area contributed by atoms with Crippen molar-refractivity contribution in [3.05, 3.63) is 24.3 Å². The van der Waals surface area contributed by atoms with Gasteiger partial charge in [0.2, 0.25) is 0 Å². The standard InChI is InChI=1S/C16H26N2O2/c1-4-20-16(19)12-6-5-9-13-17-14-10-7-8-11-15(14)18(2)3/h7-8,10-11,17H,4-6,9,12-13H2,1-3H3. The van der Waals surface area contributed by atoms with Crippen LogP contribution in [0.2, 0.25) is 0 Å². The first-order chi connectivity index (χ1) is 9.65. The van der Waals surface area contributed by atoms with Crippen molar-refractivity contribution < 1.29 is 9.53 Å². The number of anilines is 2. The van der Waals surface area contributed by atoms with Crippen molar-refractivity contribution in [2.24, 2.45) is 0 Å². The van der Waals surface area contributed by atoms with Gasteiger partial charge in [0.25, 0.3) is 0 Å². The molecule has 1 rings (SSSR count). The molecule has 0 unspecified atom stereocenters. The van der Waals surface area contributed by atoms with E-state index in [9.17, 15) is 4.79 Å². The molecule has 20 heavy (non-hydrogen) atoms. The van der Waals surface area contributed by atoms with Crippen molar-refractivity contribution in [1.29, 1.82) is 0 Å². The van der Waals surface area contributed by atoms with Crippen LogP contribution in [0.1, 0.15) is 32.6 Å². The number of hydrogen-bond donors (Lipinski definition) is 1. The van der Waals surface area contributed by atoms with E-state index in [0.717, 1.165) is 31.5 Å². The molecule has 1 N–H and O–H groups in total. The zero-order valence-electron chi connectivity index (χ0n) is 12.8. The molecule has 0 saturated carbocycles. The van der Waals surface area contributed by atoms with Crippen LogP contribution in [0.4, 0.5) is 11.4 Å². The van der Waals surface area contributed by atoms with Gasteiger partial charge < -0.3 is 15.0 Å². The lowest BCUT2D eigenvalue weighted by atomic mass is 10.2. The summed E-state index contributed by atoms with van der Waals surface area (Å²) >= 11 is 0. The molecule has 4 nitrogen and oxygen atoms in total. The molecule has 4 heteroatoms. The smallest absolute Gasteiger partial charge is 0.305 e. The van der Waals surface area contributed by atoms with Gasteiger partial charge in [-0.15, -0.1) is 0 Å². The van der Waals surface area contributed by atoms with E-state index in [1.807, 2.05) is 33.2 Å². The number of esters is 1. The average molecular weight is 278 g/mol. The second-order valence-corrected chi connectivity index (χ2v) is 4.95. The van der Waals surface area contributed by atoms with E-state index in [0.29, 0.717) is 13.0 Å². The number of nitrogens with one attached hydrogen (secondary N) is 1. The quantitative estimate of drug-likeness (QED) is 0.556. The zero-order valence-corrected chi connectivity index (χ0v) is 12.8. The van der Waals surface area contributed by atoms with Crippen LogP contribution >= 0.6 is 0 Å². The zero-order chi connectivity index (χ0) is 14.8. The largest absolute Gasteiger partial charge is 0.466 e. The first-order valence-electron chi connectivity index (χ1n) is 7.31. The molecule has 0 heterocycles. The van der Waals surface area contributed by atoms with E-state index < -0.39 is 0 Å². The molecular weight excluding hydrogens is 252 g/mol. The molecule has 1 aromatic rings. The Morgan fingerprint density at radius 1 is 1.20 bits per heavy atom. The minimum absolute atomic E-state index is 0.0848. The van der Waals surface area contributed by atoms with Crippen LogP contribution in [0, 0.1) is 0 Å². The van der Waals surface area contributed by atoms with Gasteiger partial charge in [0.15, 0.2) is 0 Å². The molecule has 0 radical (unpaired) electrons. The topological polar surface area (TPSA) is 41.6 Å². The molecule has 1 aromatic carbocycles. The van der Waals surface area contributed by atoms with Crippen molar-refractivity contribution >= 4 is 17.3 Å². The predicted molar refractivity (Wildman–Crippen MR) is 84.4 cm³/mol. The Morgan fingerprint density at radius 3 is 2.65 bits per heavy atom. The fourth-order valence-corrected chi connectivity index (χ4v) is 2.04. The maximum absolute atomic E-state index is 11.2. The summed E-state index contributed by atoms with van der Waals surface area (Å²) in [5, 5.41) is 3.45. The van der Waals surface area contributed by atoms with Crippen LogP contribution in [-0.2, 0) is 9.53 Å². The highest BCUT2D eigenvalue weighted by Crippen LogP contribution is 2.23. The van der Waals surface area contributed by atoms with Gasteiger partial charge in [0.1, 0.15) is 0 Å². The van der Waals surface area contributed by atoms with Crippen molar-refractivity contribution in [1.82, 2.24) is 0 Å². The highest BCUT2D eigenvalue weighted by atomic mass is 16.5. The predicted octanol–water partition coefficient (Wildman–Crippen LogP) is 3.29. The van der Waals surface area contributed by atoms with Crippen LogP contribution in [-0.4, -0.2) is 33.2 Å². The summed E-state index contributed by atoms with van der Waals surface area (Å²) in [5.74, 6) is -0.0848. The Morgan fingerprint density at radius 2 is 1.95 bits per heavy atom. The number of rotatable bonds is 9. The Balaban J connectivity index is 2.20. The molecule has 0 amide bonds. The molecule has 0 spiro atoms. The second kappa shape index (κ2) is 9.23. The molecule has 0 aliphatic heterocycles. The summed E-state index contributed by atoms with van der Waals surface area (Å²) < 4.78 is 4.90. The number of carbonyl (C=O) groups excluding carboxylic acids is 1. The van der Waals surface area contributed by atoms with Crippen molar-refractivity contribution in [2.75, 3.05) is 37.5 Å². The summed E-state index contributed by atoms with van der Waals surface area (Å²) in [5.41, 5.74) is 2.35. The summed E-state index contributed by atoms with van der Waals surface area (Å²) in [6.45, 7) is 3.24. The van der Waals surface area contributed by atoms with E-state index >= 15 is 0 Å². The highest BCUT2D eigenvalue weighted by molar-refractivity contribution is 5.69. The maximum atomic E-state index is 11.2. The Labute approximate surface area is 122 Å². The minimum atomic E-state index is -0.0848. The third kappa shape index (κ3) is 5.95. The van der Waals surface area contributed by atoms with Gasteiger partial charge in [-0.25, -0.2) is 0 Å². The van der Waals surface area contributed by atoms with E-state index in [4.69, 9.17) is 4.74 Å². The van der Waals surface area contributed by atoms with Crippen LogP contribution < -0.4 is 10.2 Å². The molecule has 0 saturated heterocycles. The number of hydrogen-bond acceptors (Lipinski definition) is 4. The molecule has 0 aromatic heterocycles. The number of para-hydroxylation sites is 2. The SMILES string of the molecule is CCOC(=O)CCCCCNc1ccccc1N(C)C. The number of benzene rings is 1. The maximum Gasteiger partial charge on any atom is 0.305 e. The number of carbonyl (C=O) groups is 1. The van der Waals surface area contributed by atoms with Crippen LogP contribution in [0.25, 0.3) is 0 Å². The van der Waals surface area contributed by atoms with Gasteiger partial charge in [-0.1, -0.05) is 18.6 Å². The van der Waals surface area contributed by atoms with Gasteiger partial charge in [-0.3, -0.25) is 4.79 Å². The molecule has 0 atom stereocenters. The Bertz CT molecular complexity index is 405. The Hall–Kier alpha value is -1.71. The summed E-state index contributed by atoms with van der Waals surface area (Å²) in [4.78, 5) is 13.3. The van der Waals surface area contributed by atoms with Crippen molar-refractivity contribution in [2.45, 2.75) is 32.6 Å². The fraction of sp³-hybridized carbons (Fsp3) is 0.562. The van der Waals surface area contributed by atoms with Crippen LogP contribution in [0.5, 0.6) is 0 Å². The van der Waals surface area contributed by atoms with Gasteiger partial charge in [-0.2, -0.15) is 0 Å². The monoisotopic (exact) mass is 278 g/mol. The summed E-state index contributed by atoms with van der Waals surface area (Å²) in [6, 6.07) is 8.27. The van der Waals surface area contributed by atoms with E-state index in [1.165, 1.54) is 5.69 Å². The summed E-state index contributed by atoms with van der Waals surface area (Å²) in [7, 11) is 4.08. The van der Waals surface area contributed by atoms with E-state index in [2.05, 4.69) is 22.3 Å². The number of nitrogens with zero attached hydrogens (tertiary/aromatic N) is 1. The number of unbranched alkanes of at least 4 members (excludes halogenated alkanes) is 2. The van der Waals surface area contributed by atoms with Crippen LogP contribution in [0.3, 0.4) is 0 Å². The Kier molecular flexibility index (Phi) is 7.55. The lowest BCUT2D eigenvalue weighted by molar-refractivity contribution is -0.143. The van der Waals surface area contributed by atoms with Gasteiger partial charge in [0, 0.05) is 27.1 Å². The first-order valence-corrected chi connectivity index (χ1v) is 7.31. The number of ether oxygens (including phenoxy) is 1. The third-order valence-corrected chi connectivity index (χ3v) is 3.06. The molecule has 0 fully saturated rings. The third-order valence-electron chi connectivity index (χ3n) is 3.06. The molecule has 0 aliphatic carbocycles. The van der Waals surface area contributed by atoms with E-state index in [1.54, 1.807) is 0 Å². The normalized spacial score (nSPS) is 10.2. The first kappa shape index (κ1) is 16.3. The molecule has 112 valence electrons. The molecule has 0 bridgehead atoms.